The van der Waals surface area contributed by atoms with Gasteiger partial charge in [0.1, 0.15) is 0 Å². The summed E-state index contributed by atoms with van der Waals surface area (Å²) in [5, 5.41) is 9.07. The van der Waals surface area contributed by atoms with E-state index in [0.29, 0.717) is 13.0 Å². The molecule has 2 fully saturated rings. The van der Waals surface area contributed by atoms with Gasteiger partial charge in [0.25, 0.3) is 0 Å². The van der Waals surface area contributed by atoms with Crippen LogP contribution in [0.5, 0.6) is 0 Å². The number of likely N-dealkylation sites (tertiary alicyclic amines) is 1. The highest BCUT2D eigenvalue weighted by Crippen LogP contribution is 2.18. The Bertz CT molecular complexity index is 437. The fraction of sp³-hybridized carbons (Fsp3) is 0.917. The minimum atomic E-state index is -2.95. The van der Waals surface area contributed by atoms with Gasteiger partial charge in [-0.3, -0.25) is 9.69 Å². The molecule has 110 valence electrons. The van der Waals surface area contributed by atoms with Crippen molar-refractivity contribution in [3.63, 3.8) is 0 Å². The molecular weight excluding hydrogens is 268 g/mol. The number of hydrogen-bond acceptors (Lipinski definition) is 5. The van der Waals surface area contributed by atoms with E-state index in [4.69, 9.17) is 5.11 Å². The summed E-state index contributed by atoms with van der Waals surface area (Å²) in [7, 11) is -1.27. The molecule has 0 saturated carbocycles. The van der Waals surface area contributed by atoms with Crippen LogP contribution >= 0.6 is 0 Å². The van der Waals surface area contributed by atoms with E-state index in [-0.39, 0.29) is 36.0 Å². The summed E-state index contributed by atoms with van der Waals surface area (Å²) in [5.74, 6) is 0.519. The Labute approximate surface area is 114 Å². The topological polar surface area (TPSA) is 77.9 Å². The van der Waals surface area contributed by atoms with Gasteiger partial charge in [0.2, 0.25) is 5.91 Å². The molecular formula is C12H22N2O4S. The molecule has 0 aromatic carbocycles. The molecule has 2 unspecified atom stereocenters. The van der Waals surface area contributed by atoms with E-state index in [9.17, 15) is 13.2 Å². The number of carbonyl (C=O) groups excluding carboxylic acids is 1. The lowest BCUT2D eigenvalue weighted by Gasteiger charge is -2.26. The molecule has 7 heteroatoms. The maximum absolute atomic E-state index is 12.1. The third-order valence-electron chi connectivity index (χ3n) is 4.14. The maximum atomic E-state index is 12.1. The van der Waals surface area contributed by atoms with Crippen molar-refractivity contribution in [1.29, 1.82) is 0 Å². The van der Waals surface area contributed by atoms with Gasteiger partial charge in [0, 0.05) is 26.2 Å². The van der Waals surface area contributed by atoms with Crippen LogP contribution in [0.4, 0.5) is 0 Å². The Morgan fingerprint density at radius 2 is 2.16 bits per heavy atom. The summed E-state index contributed by atoms with van der Waals surface area (Å²) in [4.78, 5) is 15.7. The first-order valence-electron chi connectivity index (χ1n) is 6.70. The molecule has 0 bridgehead atoms. The first-order valence-corrected chi connectivity index (χ1v) is 8.52. The number of rotatable bonds is 4. The smallest absolute Gasteiger partial charge is 0.236 e. The predicted molar refractivity (Wildman–Crippen MR) is 71.5 cm³/mol. The Balaban J connectivity index is 1.83. The van der Waals surface area contributed by atoms with Crippen LogP contribution in [-0.2, 0) is 14.6 Å². The zero-order valence-corrected chi connectivity index (χ0v) is 12.1. The number of hydrogen-bond donors (Lipinski definition) is 1. The van der Waals surface area contributed by atoms with Gasteiger partial charge in [0.05, 0.1) is 18.1 Å². The average molecular weight is 290 g/mol. The number of likely N-dealkylation sites (N-methyl/N-ethyl adjacent to an activating group) is 1. The quantitative estimate of drug-likeness (QED) is 0.714. The molecule has 2 rings (SSSR count). The summed E-state index contributed by atoms with van der Waals surface area (Å²) in [6.45, 7) is 2.07. The molecule has 0 radical (unpaired) electrons. The third-order valence-corrected chi connectivity index (χ3v) is 5.89. The molecule has 0 spiro atoms. The van der Waals surface area contributed by atoms with Gasteiger partial charge >= 0.3 is 0 Å². The lowest BCUT2D eigenvalue weighted by atomic mass is 10.1. The van der Waals surface area contributed by atoms with Crippen LogP contribution in [0.2, 0.25) is 0 Å². The van der Waals surface area contributed by atoms with Crippen LogP contribution < -0.4 is 0 Å². The highest BCUT2D eigenvalue weighted by Gasteiger charge is 2.33. The van der Waals surface area contributed by atoms with E-state index in [1.807, 2.05) is 4.90 Å². The van der Waals surface area contributed by atoms with Crippen LogP contribution in [0, 0.1) is 5.92 Å². The molecule has 0 aromatic heterocycles. The van der Waals surface area contributed by atoms with Crippen molar-refractivity contribution in [2.45, 2.75) is 18.9 Å². The number of amides is 1. The number of aliphatic hydroxyl groups is 1. The average Bonchev–Trinajstić information content (AvgIpc) is 2.94. The van der Waals surface area contributed by atoms with E-state index in [2.05, 4.69) is 0 Å². The Morgan fingerprint density at radius 3 is 2.68 bits per heavy atom. The highest BCUT2D eigenvalue weighted by atomic mass is 32.2. The van der Waals surface area contributed by atoms with Crippen LogP contribution in [0.3, 0.4) is 0 Å². The second kappa shape index (κ2) is 5.76. The van der Waals surface area contributed by atoms with E-state index >= 15 is 0 Å². The minimum Gasteiger partial charge on any atom is -0.396 e. The molecule has 2 aliphatic heterocycles. The van der Waals surface area contributed by atoms with E-state index < -0.39 is 9.84 Å². The van der Waals surface area contributed by atoms with E-state index in [1.165, 1.54) is 0 Å². The molecule has 2 aliphatic rings. The minimum absolute atomic E-state index is 0.0271. The summed E-state index contributed by atoms with van der Waals surface area (Å²) in [5.41, 5.74) is 0. The highest BCUT2D eigenvalue weighted by molar-refractivity contribution is 7.91. The van der Waals surface area contributed by atoms with E-state index in [1.54, 1.807) is 11.9 Å². The number of nitrogens with zero attached hydrogens (tertiary/aromatic N) is 2. The van der Waals surface area contributed by atoms with E-state index in [0.717, 1.165) is 19.5 Å². The summed E-state index contributed by atoms with van der Waals surface area (Å²) >= 11 is 0. The van der Waals surface area contributed by atoms with Crippen molar-refractivity contribution in [3.8, 4) is 0 Å². The molecule has 1 amide bonds. The van der Waals surface area contributed by atoms with Gasteiger partial charge in [-0.05, 0) is 25.3 Å². The molecule has 0 aromatic rings. The van der Waals surface area contributed by atoms with Crippen molar-refractivity contribution in [2.75, 3.05) is 44.8 Å². The second-order valence-corrected chi connectivity index (χ2v) is 7.86. The fourth-order valence-corrected chi connectivity index (χ4v) is 4.57. The Hall–Kier alpha value is -0.660. The molecule has 1 N–H and O–H groups in total. The fourth-order valence-electron chi connectivity index (χ4n) is 2.79. The molecule has 6 nitrogen and oxygen atoms in total. The van der Waals surface area contributed by atoms with Crippen LogP contribution in [0.15, 0.2) is 0 Å². The number of carbonyl (C=O) groups is 1. The summed E-state index contributed by atoms with van der Waals surface area (Å²) < 4.78 is 22.8. The lowest BCUT2D eigenvalue weighted by molar-refractivity contribution is -0.132. The Morgan fingerprint density at radius 1 is 1.42 bits per heavy atom. The molecule has 19 heavy (non-hydrogen) atoms. The summed E-state index contributed by atoms with van der Waals surface area (Å²) in [6, 6.07) is -0.172. The van der Waals surface area contributed by atoms with Gasteiger partial charge in [0.15, 0.2) is 9.84 Å². The van der Waals surface area contributed by atoms with Gasteiger partial charge in [-0.2, -0.15) is 0 Å². The maximum Gasteiger partial charge on any atom is 0.236 e. The van der Waals surface area contributed by atoms with Gasteiger partial charge < -0.3 is 10.0 Å². The van der Waals surface area contributed by atoms with Gasteiger partial charge in [-0.15, -0.1) is 0 Å². The van der Waals surface area contributed by atoms with Gasteiger partial charge in [-0.25, -0.2) is 8.42 Å². The lowest BCUT2D eigenvalue weighted by Crippen LogP contribution is -2.43. The Kier molecular flexibility index (Phi) is 4.47. The van der Waals surface area contributed by atoms with Crippen LogP contribution in [-0.4, -0.2) is 80.1 Å². The van der Waals surface area contributed by atoms with Crippen molar-refractivity contribution < 1.29 is 18.3 Å². The molecule has 2 saturated heterocycles. The SMILES string of the molecule is CN(C(=O)CN1CCC(CO)C1)C1CCS(=O)(=O)C1. The van der Waals surface area contributed by atoms with Crippen LogP contribution in [0.1, 0.15) is 12.8 Å². The van der Waals surface area contributed by atoms with Crippen LogP contribution in [0.25, 0.3) is 0 Å². The molecule has 2 atom stereocenters. The second-order valence-electron chi connectivity index (χ2n) is 5.63. The standard InChI is InChI=1S/C12H22N2O4S/c1-13(11-3-5-19(17,18)9-11)12(16)7-14-4-2-10(6-14)8-15/h10-11,15H,2-9H2,1H3. The van der Waals surface area contributed by atoms with Crippen molar-refractivity contribution in [3.05, 3.63) is 0 Å². The predicted octanol–water partition coefficient (Wildman–Crippen LogP) is -1.05. The first-order chi connectivity index (χ1) is 8.91. The first kappa shape index (κ1) is 14.7. The monoisotopic (exact) mass is 290 g/mol. The molecule has 2 heterocycles. The number of aliphatic hydroxyl groups excluding tert-OH is 1. The summed E-state index contributed by atoms with van der Waals surface area (Å²) in [6.07, 6.45) is 1.47. The zero-order valence-electron chi connectivity index (χ0n) is 11.3. The normalized spacial score (nSPS) is 30.6. The van der Waals surface area contributed by atoms with Crippen molar-refractivity contribution in [1.82, 2.24) is 9.80 Å². The third kappa shape index (κ3) is 3.67. The van der Waals surface area contributed by atoms with Crippen molar-refractivity contribution >= 4 is 15.7 Å². The van der Waals surface area contributed by atoms with Gasteiger partial charge in [-0.1, -0.05) is 0 Å². The zero-order chi connectivity index (χ0) is 14.0. The largest absolute Gasteiger partial charge is 0.396 e. The number of sulfone groups is 1. The van der Waals surface area contributed by atoms with Crippen molar-refractivity contribution in [2.24, 2.45) is 5.92 Å². The molecule has 0 aliphatic carbocycles.